The molecule has 2 amide bonds. The van der Waals surface area contributed by atoms with Crippen molar-refractivity contribution in [1.82, 2.24) is 25.3 Å². The predicted octanol–water partition coefficient (Wildman–Crippen LogP) is 0.424. The molecule has 1 saturated heterocycles. The van der Waals surface area contributed by atoms with Crippen molar-refractivity contribution in [2.24, 2.45) is 17.5 Å². The fourth-order valence-electron chi connectivity index (χ4n) is 2.62. The first kappa shape index (κ1) is 23.2. The summed E-state index contributed by atoms with van der Waals surface area (Å²) < 4.78 is 1.68. The number of halogens is 1. The third kappa shape index (κ3) is 6.36. The van der Waals surface area contributed by atoms with Gasteiger partial charge in [0.05, 0.1) is 11.9 Å². The summed E-state index contributed by atoms with van der Waals surface area (Å²) in [6.45, 7) is 8.18. The molecular formula is C17H30IN7O2. The monoisotopic (exact) mass is 491 g/mol. The molecule has 0 bridgehead atoms. The first-order chi connectivity index (χ1) is 12.2. The zero-order valence-corrected chi connectivity index (χ0v) is 19.0. The highest BCUT2D eigenvalue weighted by Crippen LogP contribution is 2.16. The molecule has 1 fully saturated rings. The van der Waals surface area contributed by atoms with E-state index in [9.17, 15) is 9.59 Å². The fraction of sp³-hybridized carbons (Fsp3) is 0.647. The van der Waals surface area contributed by atoms with Crippen LogP contribution in [0.15, 0.2) is 17.4 Å². The molecule has 1 aliphatic rings. The highest BCUT2D eigenvalue weighted by atomic mass is 127. The maximum Gasteiger partial charge on any atom is 0.246 e. The lowest BCUT2D eigenvalue weighted by Crippen LogP contribution is -2.56. The van der Waals surface area contributed by atoms with Crippen LogP contribution in [0, 0.1) is 5.41 Å². The van der Waals surface area contributed by atoms with Crippen LogP contribution in [0.1, 0.15) is 20.8 Å². The second-order valence-electron chi connectivity index (χ2n) is 7.32. The van der Waals surface area contributed by atoms with E-state index in [0.717, 1.165) is 5.69 Å². The molecule has 1 aliphatic heterocycles. The number of rotatable bonds is 4. The van der Waals surface area contributed by atoms with Crippen molar-refractivity contribution in [3.63, 3.8) is 0 Å². The first-order valence-electron chi connectivity index (χ1n) is 8.75. The minimum absolute atomic E-state index is 0. The van der Waals surface area contributed by atoms with Gasteiger partial charge in [0.2, 0.25) is 11.8 Å². The van der Waals surface area contributed by atoms with Crippen LogP contribution in [0.4, 0.5) is 5.69 Å². The van der Waals surface area contributed by atoms with Crippen molar-refractivity contribution in [2.75, 3.05) is 44.7 Å². The molecule has 1 aromatic heterocycles. The van der Waals surface area contributed by atoms with Gasteiger partial charge in [-0.1, -0.05) is 20.8 Å². The van der Waals surface area contributed by atoms with E-state index in [4.69, 9.17) is 0 Å². The van der Waals surface area contributed by atoms with Crippen LogP contribution in [0.2, 0.25) is 0 Å². The maximum atomic E-state index is 12.5. The number of amides is 2. The number of aromatic nitrogens is 2. The highest BCUT2D eigenvalue weighted by Gasteiger charge is 2.27. The Hall–Kier alpha value is -1.85. The van der Waals surface area contributed by atoms with Crippen LogP contribution < -0.4 is 15.5 Å². The average molecular weight is 491 g/mol. The van der Waals surface area contributed by atoms with Gasteiger partial charge in [-0.2, -0.15) is 5.10 Å². The molecule has 0 aromatic carbocycles. The Morgan fingerprint density at radius 3 is 2.44 bits per heavy atom. The normalized spacial score (nSPS) is 15.4. The number of nitrogens with zero attached hydrogens (tertiary/aromatic N) is 5. The molecule has 9 nitrogen and oxygen atoms in total. The molecule has 0 atom stereocenters. The van der Waals surface area contributed by atoms with Gasteiger partial charge in [-0.3, -0.25) is 19.3 Å². The first-order valence-corrected chi connectivity index (χ1v) is 8.75. The Morgan fingerprint density at radius 1 is 1.26 bits per heavy atom. The van der Waals surface area contributed by atoms with Crippen LogP contribution in [-0.2, 0) is 16.6 Å². The van der Waals surface area contributed by atoms with Crippen molar-refractivity contribution in [2.45, 2.75) is 20.8 Å². The van der Waals surface area contributed by atoms with Crippen LogP contribution >= 0.6 is 24.0 Å². The van der Waals surface area contributed by atoms with Gasteiger partial charge in [0.1, 0.15) is 6.54 Å². The number of carbonyl (C=O) groups is 2. The van der Waals surface area contributed by atoms with E-state index in [2.05, 4.69) is 20.7 Å². The van der Waals surface area contributed by atoms with Crippen molar-refractivity contribution in [3.8, 4) is 0 Å². The van der Waals surface area contributed by atoms with Gasteiger partial charge in [0.15, 0.2) is 5.96 Å². The molecule has 0 radical (unpaired) electrons. The number of guanidine groups is 1. The molecule has 0 unspecified atom stereocenters. The molecule has 0 spiro atoms. The summed E-state index contributed by atoms with van der Waals surface area (Å²) in [7, 11) is 3.52. The van der Waals surface area contributed by atoms with Crippen molar-refractivity contribution < 1.29 is 9.59 Å². The molecule has 27 heavy (non-hydrogen) atoms. The molecule has 2 heterocycles. The Labute approximate surface area is 177 Å². The average Bonchev–Trinajstić information content (AvgIpc) is 3.00. The number of piperazine rings is 1. The zero-order valence-electron chi connectivity index (χ0n) is 16.7. The summed E-state index contributed by atoms with van der Waals surface area (Å²) in [5.74, 6) is 0.678. The second-order valence-corrected chi connectivity index (χ2v) is 7.32. The van der Waals surface area contributed by atoms with E-state index in [1.165, 1.54) is 0 Å². The van der Waals surface area contributed by atoms with Crippen molar-refractivity contribution in [3.05, 3.63) is 12.4 Å². The summed E-state index contributed by atoms with van der Waals surface area (Å²) in [6, 6.07) is 0. The van der Waals surface area contributed by atoms with Crippen LogP contribution in [0.25, 0.3) is 0 Å². The van der Waals surface area contributed by atoms with Gasteiger partial charge >= 0.3 is 0 Å². The van der Waals surface area contributed by atoms with E-state index in [1.807, 2.05) is 38.9 Å². The number of anilines is 1. The van der Waals surface area contributed by atoms with Gasteiger partial charge in [0, 0.05) is 51.9 Å². The van der Waals surface area contributed by atoms with Crippen LogP contribution in [0.3, 0.4) is 0 Å². The van der Waals surface area contributed by atoms with E-state index < -0.39 is 5.41 Å². The summed E-state index contributed by atoms with van der Waals surface area (Å²) in [4.78, 5) is 32.2. The standard InChI is InChI=1S/C17H29N7O2.HI/c1-17(2,3)15(26)19-6-7-20-16(18-4)23-8-9-24(14(25)12-23)13-10-21-22(5)11-13;/h10-11H,6-9,12H2,1-5H3,(H,18,20)(H,19,26);1H. The van der Waals surface area contributed by atoms with Gasteiger partial charge in [-0.05, 0) is 0 Å². The smallest absolute Gasteiger partial charge is 0.246 e. The molecule has 0 saturated carbocycles. The molecule has 2 rings (SSSR count). The second kappa shape index (κ2) is 9.90. The zero-order chi connectivity index (χ0) is 19.3. The van der Waals surface area contributed by atoms with Gasteiger partial charge < -0.3 is 20.4 Å². The Balaban J connectivity index is 0.00000364. The molecule has 0 aliphatic carbocycles. The quantitative estimate of drug-likeness (QED) is 0.276. The number of hydrogen-bond acceptors (Lipinski definition) is 4. The van der Waals surface area contributed by atoms with Crippen LogP contribution in [-0.4, -0.2) is 72.2 Å². The third-order valence-corrected chi connectivity index (χ3v) is 4.11. The molecule has 10 heteroatoms. The minimum atomic E-state index is -0.406. The van der Waals surface area contributed by atoms with E-state index in [-0.39, 0.29) is 42.3 Å². The van der Waals surface area contributed by atoms with Gasteiger partial charge in [-0.25, -0.2) is 0 Å². The minimum Gasteiger partial charge on any atom is -0.354 e. The van der Waals surface area contributed by atoms with E-state index in [0.29, 0.717) is 32.1 Å². The van der Waals surface area contributed by atoms with E-state index >= 15 is 0 Å². The third-order valence-electron chi connectivity index (χ3n) is 4.11. The number of aryl methyl sites for hydroxylation is 1. The maximum absolute atomic E-state index is 12.5. The number of aliphatic imine (C=N–C) groups is 1. The fourth-order valence-corrected chi connectivity index (χ4v) is 2.62. The van der Waals surface area contributed by atoms with Crippen molar-refractivity contribution in [1.29, 1.82) is 0 Å². The lowest BCUT2D eigenvalue weighted by atomic mass is 9.96. The lowest BCUT2D eigenvalue weighted by Gasteiger charge is -2.35. The summed E-state index contributed by atoms with van der Waals surface area (Å²) in [6.07, 6.45) is 3.52. The van der Waals surface area contributed by atoms with E-state index in [1.54, 1.807) is 22.8 Å². The Kier molecular flexibility index (Phi) is 8.51. The summed E-state index contributed by atoms with van der Waals surface area (Å²) in [5.41, 5.74) is 0.404. The van der Waals surface area contributed by atoms with Crippen molar-refractivity contribution >= 4 is 47.4 Å². The molecule has 2 N–H and O–H groups in total. The number of nitrogens with one attached hydrogen (secondary N) is 2. The molecular weight excluding hydrogens is 461 g/mol. The van der Waals surface area contributed by atoms with Gasteiger partial charge in [0.25, 0.3) is 0 Å². The predicted molar refractivity (Wildman–Crippen MR) is 116 cm³/mol. The molecule has 1 aromatic rings. The topological polar surface area (TPSA) is 94.9 Å². The highest BCUT2D eigenvalue weighted by molar-refractivity contribution is 14.0. The largest absolute Gasteiger partial charge is 0.354 e. The SMILES string of the molecule is CN=C(NCCNC(=O)C(C)(C)C)N1CCN(c2cnn(C)c2)C(=O)C1.I. The Bertz CT molecular complexity index is 681. The lowest BCUT2D eigenvalue weighted by molar-refractivity contribution is -0.128. The number of carbonyl (C=O) groups excluding carboxylic acids is 2. The molecule has 152 valence electrons. The Morgan fingerprint density at radius 2 is 1.93 bits per heavy atom. The van der Waals surface area contributed by atoms with Crippen LogP contribution in [0.5, 0.6) is 0 Å². The number of hydrogen-bond donors (Lipinski definition) is 2. The summed E-state index contributed by atoms with van der Waals surface area (Å²) in [5, 5.41) is 10.2. The van der Waals surface area contributed by atoms with Gasteiger partial charge in [-0.15, -0.1) is 24.0 Å². The summed E-state index contributed by atoms with van der Waals surface area (Å²) >= 11 is 0.